The van der Waals surface area contributed by atoms with E-state index in [9.17, 15) is 9.59 Å². The molecular weight excluding hydrogens is 362 g/mol. The second-order valence-electron chi connectivity index (χ2n) is 6.22. The lowest BCUT2D eigenvalue weighted by Gasteiger charge is -2.35. The normalized spacial score (nSPS) is 15.1. The van der Waals surface area contributed by atoms with Crippen LogP contribution >= 0.6 is 0 Å². The van der Waals surface area contributed by atoms with Crippen LogP contribution in [-0.2, 0) is 9.59 Å². The van der Waals surface area contributed by atoms with E-state index >= 15 is 0 Å². The van der Waals surface area contributed by atoms with E-state index in [-0.39, 0.29) is 24.9 Å². The lowest BCUT2D eigenvalue weighted by atomic mass is 10.1. The maximum Gasteiger partial charge on any atom is 0.262 e. The fourth-order valence-corrected chi connectivity index (χ4v) is 3.01. The first kappa shape index (κ1) is 19.3. The van der Waals surface area contributed by atoms with Gasteiger partial charge in [-0.25, -0.2) is 0 Å². The predicted octanol–water partition coefficient (Wildman–Crippen LogP) is 1.66. The van der Waals surface area contributed by atoms with Gasteiger partial charge in [0.15, 0.2) is 6.10 Å². The van der Waals surface area contributed by atoms with E-state index in [4.69, 9.17) is 14.2 Å². The number of carbonyl (C=O) groups excluding carboxylic acids is 2. The fourth-order valence-electron chi connectivity index (χ4n) is 3.01. The summed E-state index contributed by atoms with van der Waals surface area (Å²) in [5.74, 6) is 1.25. The molecule has 2 aromatic carbocycles. The van der Waals surface area contributed by atoms with E-state index in [1.54, 1.807) is 45.5 Å². The van der Waals surface area contributed by atoms with Crippen LogP contribution in [0, 0.1) is 0 Å². The van der Waals surface area contributed by atoms with Crippen molar-refractivity contribution in [1.82, 2.24) is 5.32 Å². The maximum atomic E-state index is 12.7. The SMILES string of the molecule is CNC(=O)[C@H]1CN(CC(=O)Nc2cc(OC)cc(OC)c2)c2ccccc2O1. The lowest BCUT2D eigenvalue weighted by molar-refractivity contribution is -0.127. The third-order valence-electron chi connectivity index (χ3n) is 4.37. The summed E-state index contributed by atoms with van der Waals surface area (Å²) in [5, 5.41) is 5.43. The molecule has 1 atom stereocenters. The Bertz CT molecular complexity index is 848. The van der Waals surface area contributed by atoms with Crippen molar-refractivity contribution < 1.29 is 23.8 Å². The molecule has 0 spiro atoms. The van der Waals surface area contributed by atoms with Crippen molar-refractivity contribution in [2.75, 3.05) is 44.6 Å². The molecule has 2 amide bonds. The summed E-state index contributed by atoms with van der Waals surface area (Å²) in [7, 11) is 4.65. The van der Waals surface area contributed by atoms with Crippen molar-refractivity contribution in [2.24, 2.45) is 0 Å². The predicted molar refractivity (Wildman–Crippen MR) is 105 cm³/mol. The van der Waals surface area contributed by atoms with E-state index in [2.05, 4.69) is 10.6 Å². The topological polar surface area (TPSA) is 89.1 Å². The molecule has 0 radical (unpaired) electrons. The summed E-state index contributed by atoms with van der Waals surface area (Å²) in [4.78, 5) is 26.5. The first-order valence-electron chi connectivity index (χ1n) is 8.79. The summed E-state index contributed by atoms with van der Waals surface area (Å²) in [6.45, 7) is 0.332. The van der Waals surface area contributed by atoms with E-state index in [1.807, 2.05) is 23.1 Å². The summed E-state index contributed by atoms with van der Waals surface area (Å²) in [6, 6.07) is 12.5. The second kappa shape index (κ2) is 8.51. The number of nitrogens with zero attached hydrogens (tertiary/aromatic N) is 1. The molecule has 2 aromatic rings. The number of para-hydroxylation sites is 2. The van der Waals surface area contributed by atoms with Crippen molar-refractivity contribution in [1.29, 1.82) is 0 Å². The Labute approximate surface area is 163 Å². The molecule has 0 fully saturated rings. The number of anilines is 2. The molecular formula is C20H23N3O5. The summed E-state index contributed by atoms with van der Waals surface area (Å²) in [6.07, 6.45) is -0.690. The van der Waals surface area contributed by atoms with E-state index in [0.717, 1.165) is 5.69 Å². The van der Waals surface area contributed by atoms with Crippen LogP contribution in [0.1, 0.15) is 0 Å². The van der Waals surface area contributed by atoms with Gasteiger partial charge in [-0.1, -0.05) is 12.1 Å². The van der Waals surface area contributed by atoms with Crippen LogP contribution in [0.15, 0.2) is 42.5 Å². The number of carbonyl (C=O) groups is 2. The van der Waals surface area contributed by atoms with Gasteiger partial charge in [0, 0.05) is 30.9 Å². The Morgan fingerprint density at radius 2 is 1.82 bits per heavy atom. The molecule has 1 aliphatic heterocycles. The van der Waals surface area contributed by atoms with Gasteiger partial charge >= 0.3 is 0 Å². The number of benzene rings is 2. The first-order chi connectivity index (χ1) is 13.5. The minimum Gasteiger partial charge on any atom is -0.497 e. The highest BCUT2D eigenvalue weighted by Crippen LogP contribution is 2.33. The molecule has 2 N–H and O–H groups in total. The standard InChI is InChI=1S/C20H23N3O5/c1-21-20(25)18-11-23(16-6-4-5-7-17(16)28-18)12-19(24)22-13-8-14(26-2)10-15(9-13)27-3/h4-10,18H,11-12H2,1-3H3,(H,21,25)(H,22,24)/t18-/m1/s1. The van der Waals surface area contributed by atoms with Crippen molar-refractivity contribution in [3.63, 3.8) is 0 Å². The van der Waals surface area contributed by atoms with Crippen LogP contribution in [-0.4, -0.2) is 52.3 Å². The monoisotopic (exact) mass is 385 g/mol. The van der Waals surface area contributed by atoms with Gasteiger partial charge < -0.3 is 29.7 Å². The van der Waals surface area contributed by atoms with Crippen LogP contribution in [0.25, 0.3) is 0 Å². The number of hydrogen-bond acceptors (Lipinski definition) is 6. The van der Waals surface area contributed by atoms with Gasteiger partial charge in [0.2, 0.25) is 5.91 Å². The molecule has 0 bridgehead atoms. The first-order valence-corrected chi connectivity index (χ1v) is 8.79. The molecule has 1 aliphatic rings. The molecule has 8 heteroatoms. The Morgan fingerprint density at radius 1 is 1.14 bits per heavy atom. The van der Waals surface area contributed by atoms with Gasteiger partial charge in [-0.15, -0.1) is 0 Å². The van der Waals surface area contributed by atoms with Crippen LogP contribution in [0.3, 0.4) is 0 Å². The number of amides is 2. The Kier molecular flexibility index (Phi) is 5.88. The maximum absolute atomic E-state index is 12.7. The Balaban J connectivity index is 1.76. The minimum absolute atomic E-state index is 0.0629. The largest absolute Gasteiger partial charge is 0.497 e. The highest BCUT2D eigenvalue weighted by atomic mass is 16.5. The quantitative estimate of drug-likeness (QED) is 0.786. The lowest BCUT2D eigenvalue weighted by Crippen LogP contribution is -2.50. The molecule has 0 saturated heterocycles. The van der Waals surface area contributed by atoms with Crippen LogP contribution < -0.4 is 29.7 Å². The van der Waals surface area contributed by atoms with Gasteiger partial charge in [-0.05, 0) is 12.1 Å². The zero-order valence-electron chi connectivity index (χ0n) is 16.0. The number of rotatable bonds is 6. The highest BCUT2D eigenvalue weighted by Gasteiger charge is 2.31. The molecule has 28 heavy (non-hydrogen) atoms. The number of hydrogen-bond donors (Lipinski definition) is 2. The average Bonchev–Trinajstić information content (AvgIpc) is 2.72. The summed E-state index contributed by atoms with van der Waals surface area (Å²) in [5.41, 5.74) is 1.33. The van der Waals surface area contributed by atoms with Crippen molar-refractivity contribution in [2.45, 2.75) is 6.10 Å². The summed E-state index contributed by atoms with van der Waals surface area (Å²) < 4.78 is 16.2. The van der Waals surface area contributed by atoms with E-state index in [1.165, 1.54) is 0 Å². The van der Waals surface area contributed by atoms with Gasteiger partial charge in [0.1, 0.15) is 17.2 Å². The number of methoxy groups -OCH3 is 2. The van der Waals surface area contributed by atoms with Crippen molar-refractivity contribution >= 4 is 23.2 Å². The molecule has 1 heterocycles. The highest BCUT2D eigenvalue weighted by molar-refractivity contribution is 5.95. The van der Waals surface area contributed by atoms with Crippen LogP contribution in [0.4, 0.5) is 11.4 Å². The number of likely N-dealkylation sites (N-methyl/N-ethyl adjacent to an activating group) is 1. The fraction of sp³-hybridized carbons (Fsp3) is 0.300. The number of ether oxygens (including phenoxy) is 3. The number of fused-ring (bicyclic) bond motifs is 1. The van der Waals surface area contributed by atoms with Gasteiger partial charge in [0.25, 0.3) is 5.91 Å². The van der Waals surface area contributed by atoms with Crippen molar-refractivity contribution in [3.05, 3.63) is 42.5 Å². The molecule has 0 saturated carbocycles. The smallest absolute Gasteiger partial charge is 0.262 e. The third-order valence-corrected chi connectivity index (χ3v) is 4.37. The van der Waals surface area contributed by atoms with Crippen LogP contribution in [0.5, 0.6) is 17.2 Å². The average molecular weight is 385 g/mol. The van der Waals surface area contributed by atoms with Crippen molar-refractivity contribution in [3.8, 4) is 17.2 Å². The minimum atomic E-state index is -0.690. The Hall–Kier alpha value is -3.42. The Morgan fingerprint density at radius 3 is 2.46 bits per heavy atom. The van der Waals surface area contributed by atoms with E-state index in [0.29, 0.717) is 22.9 Å². The number of nitrogens with one attached hydrogen (secondary N) is 2. The zero-order chi connectivity index (χ0) is 20.1. The molecule has 3 rings (SSSR count). The second-order valence-corrected chi connectivity index (χ2v) is 6.22. The zero-order valence-corrected chi connectivity index (χ0v) is 16.0. The molecule has 148 valence electrons. The van der Waals surface area contributed by atoms with E-state index < -0.39 is 6.10 Å². The molecule has 8 nitrogen and oxygen atoms in total. The molecule has 0 aromatic heterocycles. The molecule has 0 unspecified atom stereocenters. The van der Waals surface area contributed by atoms with Crippen LogP contribution in [0.2, 0.25) is 0 Å². The molecule has 0 aliphatic carbocycles. The van der Waals surface area contributed by atoms with Gasteiger partial charge in [0.05, 0.1) is 33.0 Å². The van der Waals surface area contributed by atoms with Gasteiger partial charge in [-0.3, -0.25) is 9.59 Å². The third kappa shape index (κ3) is 4.28. The van der Waals surface area contributed by atoms with Gasteiger partial charge in [-0.2, -0.15) is 0 Å². The summed E-state index contributed by atoms with van der Waals surface area (Å²) >= 11 is 0.